The van der Waals surface area contributed by atoms with Crippen molar-refractivity contribution in [3.05, 3.63) is 0 Å². The second-order valence-electron chi connectivity index (χ2n) is 8.62. The molecule has 8 unspecified atom stereocenters. The van der Waals surface area contributed by atoms with Crippen LogP contribution in [0.3, 0.4) is 0 Å². The van der Waals surface area contributed by atoms with E-state index in [9.17, 15) is 4.79 Å². The number of hydrogen-bond acceptors (Lipinski definition) is 6. The Morgan fingerprint density at radius 1 is 0.778 bits per heavy atom. The van der Waals surface area contributed by atoms with E-state index < -0.39 is 0 Å². The topological polar surface area (TPSA) is 57.2 Å². The highest BCUT2D eigenvalue weighted by atomic mass is 16.5. The van der Waals surface area contributed by atoms with Gasteiger partial charge in [0, 0.05) is 34.4 Å². The summed E-state index contributed by atoms with van der Waals surface area (Å²) in [6.07, 6.45) is 5.93. The number of likely N-dealkylation sites (tertiary alicyclic amines) is 1. The third-order valence-corrected chi connectivity index (χ3v) is 7.43. The monoisotopic (exact) mass is 383 g/mol. The van der Waals surface area contributed by atoms with E-state index in [0.717, 1.165) is 45.1 Å². The quantitative estimate of drug-likeness (QED) is 0.700. The third-order valence-electron chi connectivity index (χ3n) is 7.43. The van der Waals surface area contributed by atoms with Crippen molar-refractivity contribution in [2.75, 3.05) is 42.0 Å². The molecule has 0 bridgehead atoms. The first-order valence-corrected chi connectivity index (χ1v) is 10.4. The number of piperidine rings is 1. The lowest BCUT2D eigenvalue weighted by Crippen LogP contribution is -2.58. The van der Waals surface area contributed by atoms with Crippen LogP contribution in [0, 0.1) is 17.8 Å². The zero-order valence-electron chi connectivity index (χ0n) is 17.6. The van der Waals surface area contributed by atoms with Crippen molar-refractivity contribution in [1.29, 1.82) is 0 Å². The van der Waals surface area contributed by atoms with E-state index in [0.29, 0.717) is 17.6 Å². The van der Waals surface area contributed by atoms with Crippen LogP contribution in [0.5, 0.6) is 0 Å². The number of rotatable bonds is 6. The van der Waals surface area contributed by atoms with Gasteiger partial charge in [-0.2, -0.15) is 0 Å². The lowest BCUT2D eigenvalue weighted by molar-refractivity contribution is -0.147. The van der Waals surface area contributed by atoms with Gasteiger partial charge in [0.05, 0.1) is 30.5 Å². The third kappa shape index (κ3) is 4.25. The largest absolute Gasteiger partial charge is 0.379 e. The predicted molar refractivity (Wildman–Crippen MR) is 103 cm³/mol. The Morgan fingerprint density at radius 2 is 1.37 bits per heavy atom. The summed E-state index contributed by atoms with van der Waals surface area (Å²) in [5, 5.41) is 0. The lowest BCUT2D eigenvalue weighted by Gasteiger charge is -2.50. The first kappa shape index (κ1) is 21.2. The lowest BCUT2D eigenvalue weighted by atomic mass is 9.66. The molecule has 6 heteroatoms. The summed E-state index contributed by atoms with van der Waals surface area (Å²) in [7, 11) is 9.10. The highest BCUT2D eigenvalue weighted by Gasteiger charge is 2.49. The van der Waals surface area contributed by atoms with Gasteiger partial charge in [-0.1, -0.05) is 0 Å². The zero-order chi connectivity index (χ0) is 19.6. The molecular weight excluding hydrogens is 346 g/mol. The molecule has 1 heterocycles. The number of fused-ring (bicyclic) bond motifs is 1. The molecule has 0 amide bonds. The van der Waals surface area contributed by atoms with Crippen LogP contribution in [0.25, 0.3) is 0 Å². The van der Waals surface area contributed by atoms with Crippen molar-refractivity contribution in [3.63, 3.8) is 0 Å². The standard InChI is InChI=1S/C21H37NO5/c1-22-9-8-13-10-18(26-4)19(27-5)12-15(13)20(22)21(23)14-6-7-16(24-2)17(11-14)25-3/h13-20H,6-12H2,1-5H3. The Morgan fingerprint density at radius 3 is 2.00 bits per heavy atom. The van der Waals surface area contributed by atoms with Gasteiger partial charge in [-0.15, -0.1) is 0 Å². The summed E-state index contributed by atoms with van der Waals surface area (Å²) in [4.78, 5) is 15.9. The van der Waals surface area contributed by atoms with Crippen LogP contribution in [0.2, 0.25) is 0 Å². The maximum Gasteiger partial charge on any atom is 0.153 e. The van der Waals surface area contributed by atoms with E-state index in [1.165, 1.54) is 0 Å². The fraction of sp³-hybridized carbons (Fsp3) is 0.952. The molecule has 3 rings (SSSR count). The number of methoxy groups -OCH3 is 4. The number of nitrogens with zero attached hydrogens (tertiary/aromatic N) is 1. The number of hydrogen-bond donors (Lipinski definition) is 0. The van der Waals surface area contributed by atoms with E-state index in [4.69, 9.17) is 18.9 Å². The molecule has 0 aromatic rings. The second-order valence-corrected chi connectivity index (χ2v) is 8.62. The number of ether oxygens (including phenoxy) is 4. The molecule has 0 N–H and O–H groups in total. The molecule has 1 aliphatic heterocycles. The van der Waals surface area contributed by atoms with Gasteiger partial charge in [-0.05, 0) is 64.0 Å². The SMILES string of the molecule is COC1CCC(C(=O)C2C3CC(OC)C(OC)CC3CCN2C)CC1OC. The molecule has 0 spiro atoms. The number of carbonyl (C=O) groups is 1. The molecule has 3 aliphatic rings. The van der Waals surface area contributed by atoms with Crippen LogP contribution in [0.1, 0.15) is 38.5 Å². The van der Waals surface area contributed by atoms with Gasteiger partial charge in [0.1, 0.15) is 0 Å². The maximum absolute atomic E-state index is 13.6. The highest BCUT2D eigenvalue weighted by Crippen LogP contribution is 2.43. The summed E-state index contributed by atoms with van der Waals surface area (Å²) in [6.45, 7) is 0.979. The van der Waals surface area contributed by atoms with Crippen LogP contribution in [-0.4, -0.2) is 83.2 Å². The molecule has 0 radical (unpaired) electrons. The highest BCUT2D eigenvalue weighted by molar-refractivity contribution is 5.87. The van der Waals surface area contributed by atoms with Gasteiger partial charge >= 0.3 is 0 Å². The van der Waals surface area contributed by atoms with E-state index in [-0.39, 0.29) is 36.4 Å². The van der Waals surface area contributed by atoms with Crippen LogP contribution >= 0.6 is 0 Å². The van der Waals surface area contributed by atoms with E-state index in [1.54, 1.807) is 28.4 Å². The molecule has 8 atom stereocenters. The average molecular weight is 384 g/mol. The van der Waals surface area contributed by atoms with E-state index in [2.05, 4.69) is 11.9 Å². The number of ketones is 1. The zero-order valence-corrected chi connectivity index (χ0v) is 17.6. The average Bonchev–Trinajstić information content (AvgIpc) is 2.71. The summed E-state index contributed by atoms with van der Waals surface area (Å²) < 4.78 is 22.6. The minimum atomic E-state index is -0.0131. The molecule has 6 nitrogen and oxygen atoms in total. The minimum absolute atomic E-state index is 0.0124. The Hall–Kier alpha value is -0.530. The molecule has 0 aromatic carbocycles. The van der Waals surface area contributed by atoms with Gasteiger partial charge < -0.3 is 18.9 Å². The van der Waals surface area contributed by atoms with Gasteiger partial charge in [0.25, 0.3) is 0 Å². The van der Waals surface area contributed by atoms with E-state index in [1.807, 2.05) is 0 Å². The van der Waals surface area contributed by atoms with Crippen molar-refractivity contribution >= 4 is 5.78 Å². The molecule has 2 aliphatic carbocycles. The minimum Gasteiger partial charge on any atom is -0.379 e. The van der Waals surface area contributed by atoms with Gasteiger partial charge in [-0.25, -0.2) is 0 Å². The first-order chi connectivity index (χ1) is 13.0. The summed E-state index contributed by atoms with van der Waals surface area (Å²) in [6, 6.07) is -0.0131. The summed E-state index contributed by atoms with van der Waals surface area (Å²) in [5.74, 6) is 1.36. The van der Waals surface area contributed by atoms with Gasteiger partial charge in [0.15, 0.2) is 5.78 Å². The van der Waals surface area contributed by atoms with Crippen molar-refractivity contribution < 1.29 is 23.7 Å². The molecule has 0 aromatic heterocycles. The van der Waals surface area contributed by atoms with Crippen molar-refractivity contribution in [3.8, 4) is 0 Å². The van der Waals surface area contributed by atoms with E-state index >= 15 is 0 Å². The Kier molecular flexibility index (Phi) is 7.31. The molecule has 2 saturated carbocycles. The smallest absolute Gasteiger partial charge is 0.153 e. The van der Waals surface area contributed by atoms with Crippen LogP contribution in [0.4, 0.5) is 0 Å². The summed E-state index contributed by atoms with van der Waals surface area (Å²) in [5.41, 5.74) is 0. The first-order valence-electron chi connectivity index (χ1n) is 10.4. The number of likely N-dealkylation sites (N-methyl/N-ethyl adjacent to an activating group) is 1. The van der Waals surface area contributed by atoms with Crippen LogP contribution in [0.15, 0.2) is 0 Å². The summed E-state index contributed by atoms with van der Waals surface area (Å²) >= 11 is 0. The number of carbonyl (C=O) groups excluding carboxylic acids is 1. The fourth-order valence-electron chi connectivity index (χ4n) is 5.83. The Labute approximate surface area is 163 Å². The molecular formula is C21H37NO5. The Balaban J connectivity index is 1.74. The normalized spacial score (nSPS) is 43.3. The van der Waals surface area contributed by atoms with Gasteiger partial charge in [-0.3, -0.25) is 9.69 Å². The van der Waals surface area contributed by atoms with Crippen molar-refractivity contribution in [2.24, 2.45) is 17.8 Å². The van der Waals surface area contributed by atoms with Crippen LogP contribution < -0.4 is 0 Å². The van der Waals surface area contributed by atoms with Crippen molar-refractivity contribution in [1.82, 2.24) is 4.90 Å². The molecule has 156 valence electrons. The van der Waals surface area contributed by atoms with Gasteiger partial charge in [0.2, 0.25) is 0 Å². The Bertz CT molecular complexity index is 501. The predicted octanol–water partition coefficient (Wildman–Crippen LogP) is 2.15. The number of Topliss-reactive ketones (excluding diaryl/α,β-unsaturated/α-hetero) is 1. The maximum atomic E-state index is 13.6. The van der Waals surface area contributed by atoms with Crippen LogP contribution in [-0.2, 0) is 23.7 Å². The molecule has 27 heavy (non-hydrogen) atoms. The molecule has 1 saturated heterocycles. The second kappa shape index (κ2) is 9.31. The van der Waals surface area contributed by atoms with Crippen molar-refractivity contribution in [2.45, 2.75) is 69.0 Å². The fourth-order valence-corrected chi connectivity index (χ4v) is 5.83. The molecule has 3 fully saturated rings.